The van der Waals surface area contributed by atoms with E-state index in [0.717, 1.165) is 33.2 Å². The Balaban J connectivity index is 1.23. The summed E-state index contributed by atoms with van der Waals surface area (Å²) >= 11 is -1.43. The largest absolute Gasteiger partial charge is 0.597 e. The van der Waals surface area contributed by atoms with Crippen LogP contribution in [0.5, 0.6) is 0 Å². The maximum absolute atomic E-state index is 14.6. The van der Waals surface area contributed by atoms with Crippen LogP contribution in [0.25, 0.3) is 33.6 Å². The predicted molar refractivity (Wildman–Crippen MR) is 247 cm³/mol. The highest BCUT2D eigenvalue weighted by Crippen LogP contribution is 2.46. The molecule has 5 aromatic carbocycles. The van der Waals surface area contributed by atoms with E-state index in [1.807, 2.05) is 93.6 Å². The van der Waals surface area contributed by atoms with Crippen LogP contribution in [-0.4, -0.2) is 39.4 Å². The third-order valence-corrected chi connectivity index (χ3v) is 18.4. The zero-order valence-corrected chi connectivity index (χ0v) is 37.4. The Kier molecular flexibility index (Phi) is 11.9. The lowest BCUT2D eigenvalue weighted by molar-refractivity contribution is 0.0945. The summed E-state index contributed by atoms with van der Waals surface area (Å²) < 4.78 is 44.5. The summed E-state index contributed by atoms with van der Waals surface area (Å²) in [5, 5.41) is 6.04. The number of fused-ring (bicyclic) bond motifs is 2. The van der Waals surface area contributed by atoms with Gasteiger partial charge in [0.2, 0.25) is 0 Å². The van der Waals surface area contributed by atoms with E-state index >= 15 is 0 Å². The molecule has 0 spiro atoms. The van der Waals surface area contributed by atoms with Gasteiger partial charge in [0, 0.05) is 52.2 Å². The molecule has 61 heavy (non-hydrogen) atoms. The molecule has 7 nitrogen and oxygen atoms in total. The van der Waals surface area contributed by atoms with Crippen LogP contribution < -0.4 is 15.7 Å². The van der Waals surface area contributed by atoms with Crippen molar-refractivity contribution in [2.24, 2.45) is 0 Å². The molecule has 1 N–H and O–H groups in total. The summed E-state index contributed by atoms with van der Waals surface area (Å²) in [4.78, 5) is 19.1. The fraction of sp³-hybridized carbons (Fsp3) is 0.255. The summed E-state index contributed by atoms with van der Waals surface area (Å²) in [7, 11) is -2.90. The molecule has 10 heteroatoms. The van der Waals surface area contributed by atoms with Crippen molar-refractivity contribution in [3.05, 3.63) is 174 Å². The smallest absolute Gasteiger partial charge is 0.270 e. The summed E-state index contributed by atoms with van der Waals surface area (Å²) in [5.74, 6) is -0.108. The van der Waals surface area contributed by atoms with E-state index in [4.69, 9.17) is 13.8 Å². The lowest BCUT2D eigenvalue weighted by Gasteiger charge is -2.43. The fourth-order valence-electron chi connectivity index (χ4n) is 8.62. The second-order valence-corrected chi connectivity index (χ2v) is 24.2. The lowest BCUT2D eigenvalue weighted by Crippen LogP contribution is -2.66. The number of nitrogens with one attached hydrogen (secondary N) is 1. The Morgan fingerprint density at radius 1 is 0.836 bits per heavy atom. The molecule has 1 amide bonds. The number of pyridine rings is 1. The molecule has 0 saturated carbocycles. The second-order valence-electron chi connectivity index (χ2n) is 17.7. The molecule has 3 heterocycles. The van der Waals surface area contributed by atoms with Crippen LogP contribution in [0.1, 0.15) is 81.2 Å². The summed E-state index contributed by atoms with van der Waals surface area (Å²) in [5.41, 5.74) is 5.41. The minimum atomic E-state index is -2.90. The van der Waals surface area contributed by atoms with E-state index in [1.54, 1.807) is 18.2 Å². The molecule has 1 aliphatic rings. The van der Waals surface area contributed by atoms with E-state index in [2.05, 4.69) is 78.9 Å². The van der Waals surface area contributed by atoms with Gasteiger partial charge in [-0.1, -0.05) is 136 Å². The first-order chi connectivity index (χ1) is 29.2. The molecule has 0 fully saturated rings. The number of rotatable bonds is 12. The van der Waals surface area contributed by atoms with Crippen molar-refractivity contribution >= 4 is 46.9 Å². The van der Waals surface area contributed by atoms with E-state index in [1.165, 1.54) is 16.4 Å². The van der Waals surface area contributed by atoms with Crippen molar-refractivity contribution in [1.82, 2.24) is 14.6 Å². The number of amides is 1. The Bertz CT molecular complexity index is 2590. The number of nitrogens with zero attached hydrogens (tertiary/aromatic N) is 2. The van der Waals surface area contributed by atoms with Gasteiger partial charge in [-0.2, -0.15) is 0 Å². The normalized spacial score (nSPS) is 15.2. The molecular weight excluding hydrogens is 798 g/mol. The van der Waals surface area contributed by atoms with Crippen LogP contribution in [0.3, 0.4) is 0 Å². The summed E-state index contributed by atoms with van der Waals surface area (Å²) in [6.07, 6.45) is 0.524. The molecule has 0 saturated heterocycles. The topological polar surface area (TPSA) is 90.7 Å². The van der Waals surface area contributed by atoms with Gasteiger partial charge in [-0.3, -0.25) is 4.79 Å². The first kappa shape index (κ1) is 42.3. The molecule has 0 unspecified atom stereocenters. The molecule has 0 aliphatic carbocycles. The summed E-state index contributed by atoms with van der Waals surface area (Å²) in [6, 6.07) is 46.9. The predicted octanol–water partition coefficient (Wildman–Crippen LogP) is 10.5. The maximum Gasteiger partial charge on any atom is 0.270 e. The molecule has 1 aliphatic heterocycles. The van der Waals surface area contributed by atoms with E-state index in [0.29, 0.717) is 36.6 Å². The van der Waals surface area contributed by atoms with Crippen molar-refractivity contribution in [2.75, 3.05) is 6.61 Å². The number of hydrogen-bond acceptors (Lipinski definition) is 6. The molecule has 7 aromatic rings. The van der Waals surface area contributed by atoms with Crippen LogP contribution in [0.15, 0.2) is 150 Å². The average molecular weight is 850 g/mol. The van der Waals surface area contributed by atoms with Gasteiger partial charge in [0.25, 0.3) is 14.2 Å². The van der Waals surface area contributed by atoms with Gasteiger partial charge >= 0.3 is 0 Å². The van der Waals surface area contributed by atoms with Crippen molar-refractivity contribution in [1.29, 1.82) is 0 Å². The molecule has 0 radical (unpaired) electrons. The molecule has 312 valence electrons. The third-order valence-electron chi connectivity index (χ3n) is 11.5. The van der Waals surface area contributed by atoms with Crippen molar-refractivity contribution < 1.29 is 22.6 Å². The van der Waals surface area contributed by atoms with E-state index in [9.17, 15) is 13.7 Å². The highest BCUT2D eigenvalue weighted by Gasteiger charge is 2.51. The number of carbonyl (C=O) groups excluding carboxylic acids is 1. The van der Waals surface area contributed by atoms with Crippen LogP contribution in [0.4, 0.5) is 4.39 Å². The van der Waals surface area contributed by atoms with Crippen molar-refractivity contribution in [3.63, 3.8) is 0 Å². The SMILES string of the molecule is CC(C)(C)[S@@+]([O-])N1Cc2cc(C(=O)NCc3ccccc3F)nc(-c3cccc(-c4cc5ccccc5o4)c3)c2[C@H]1CCO[Si](c1ccccc1)(c1ccccc1)C(C)(C)C. The highest BCUT2D eigenvalue weighted by atomic mass is 32.2. The average Bonchev–Trinajstić information content (AvgIpc) is 3.86. The summed E-state index contributed by atoms with van der Waals surface area (Å²) in [6.45, 7) is 13.5. The fourth-order valence-corrected chi connectivity index (χ4v) is 14.6. The minimum Gasteiger partial charge on any atom is -0.597 e. The number of benzene rings is 5. The Morgan fingerprint density at radius 3 is 2.13 bits per heavy atom. The van der Waals surface area contributed by atoms with Gasteiger partial charge in [-0.05, 0) is 78.5 Å². The maximum atomic E-state index is 14.6. The Hall–Kier alpha value is -5.36. The van der Waals surface area contributed by atoms with E-state index in [-0.39, 0.29) is 23.3 Å². The van der Waals surface area contributed by atoms with Gasteiger partial charge in [0.05, 0.1) is 18.3 Å². The van der Waals surface area contributed by atoms with Crippen LogP contribution in [-0.2, 0) is 28.9 Å². The van der Waals surface area contributed by atoms with Crippen molar-refractivity contribution in [3.8, 4) is 22.6 Å². The minimum absolute atomic E-state index is 0.00349. The van der Waals surface area contributed by atoms with Crippen LogP contribution in [0, 0.1) is 5.82 Å². The number of carbonyl (C=O) groups is 1. The number of furan rings is 1. The third kappa shape index (κ3) is 8.48. The first-order valence-electron chi connectivity index (χ1n) is 20.8. The molecule has 2 atom stereocenters. The zero-order valence-electron chi connectivity index (χ0n) is 35.6. The Labute approximate surface area is 362 Å². The van der Waals surface area contributed by atoms with Crippen molar-refractivity contribution in [2.45, 2.75) is 76.9 Å². The van der Waals surface area contributed by atoms with Crippen LogP contribution in [0.2, 0.25) is 5.04 Å². The van der Waals surface area contributed by atoms with Gasteiger partial charge in [0.1, 0.15) is 27.6 Å². The zero-order chi connectivity index (χ0) is 42.9. The molecule has 2 aromatic heterocycles. The molecule has 8 rings (SSSR count). The standard InChI is InChI=1S/C51H52FN3O4SSi/c1-50(2,3)60(57)55-34-39-31-43(49(56)53-33-38-19-13-15-26-42(38)52)54-48(37-21-17-20-35(30-37)46-32-36-18-14-16-27-45(36)59-46)47(39)44(55)28-29-58-61(51(4,5)6,40-22-9-7-10-23-40)41-24-11-8-12-25-41/h7-27,30-32,44H,28-29,33-34H2,1-6H3,(H,53,56)/t44-,60-/m1/s1. The number of halogens is 1. The number of hydrogen-bond donors (Lipinski definition) is 1. The van der Waals surface area contributed by atoms with E-state index < -0.39 is 36.2 Å². The van der Waals surface area contributed by atoms with Gasteiger partial charge in [-0.15, -0.1) is 4.31 Å². The quantitative estimate of drug-likeness (QED) is 0.0973. The molecular formula is C51H52FN3O4SSi. The lowest BCUT2D eigenvalue weighted by atomic mass is 9.95. The number of aromatic nitrogens is 1. The number of para-hydroxylation sites is 1. The highest BCUT2D eigenvalue weighted by molar-refractivity contribution is 7.90. The first-order valence-corrected chi connectivity index (χ1v) is 23.8. The van der Waals surface area contributed by atoms with Crippen LogP contribution >= 0.6 is 0 Å². The van der Waals surface area contributed by atoms with Gasteiger partial charge in [0.15, 0.2) is 0 Å². The Morgan fingerprint density at radius 2 is 1.48 bits per heavy atom. The van der Waals surface area contributed by atoms with Gasteiger partial charge in [-0.25, -0.2) is 9.37 Å². The second kappa shape index (κ2) is 17.2. The molecule has 0 bridgehead atoms. The monoisotopic (exact) mass is 849 g/mol. The van der Waals surface area contributed by atoms with Gasteiger partial charge < -0.3 is 18.7 Å².